The van der Waals surface area contributed by atoms with Gasteiger partial charge in [-0.3, -0.25) is 61.3 Å². The molecule has 0 amide bonds. The Hall–Kier alpha value is -6.53. The van der Waals surface area contributed by atoms with Crippen LogP contribution in [0.4, 0.5) is 23.4 Å². The first-order valence-corrected chi connectivity index (χ1v) is 53.4. The molecule has 0 radical (unpaired) electrons. The molecular weight excluding hydrogens is 1920 g/mol. The third-order valence-corrected chi connectivity index (χ3v) is 30.6. The van der Waals surface area contributed by atoms with E-state index in [0.29, 0.717) is 6.42 Å². The molecule has 0 spiro atoms. The Morgan fingerprint density at radius 1 is 0.433 bits per heavy atom. The molecule has 6 aliphatic heterocycles. The van der Waals surface area contributed by atoms with Gasteiger partial charge in [-0.2, -0.15) is 4.98 Å². The topological polar surface area (TPSA) is 704 Å². The molecule has 16 rings (SSSR count). The Balaban J connectivity index is 0.613. The van der Waals surface area contributed by atoms with Crippen molar-refractivity contribution in [3.63, 3.8) is 0 Å². The van der Waals surface area contributed by atoms with E-state index in [9.17, 15) is 53.0 Å². The maximum absolute atomic E-state index is 15.0. The lowest BCUT2D eigenvalue weighted by atomic mass is 10.1. The summed E-state index contributed by atoms with van der Waals surface area (Å²) in [4.78, 5) is 186. The molecule has 16 heterocycles. The van der Waals surface area contributed by atoms with Crippen LogP contribution in [0.3, 0.4) is 0 Å². The van der Waals surface area contributed by atoms with Crippen LogP contribution in [0.15, 0.2) is 80.7 Å². The molecule has 0 aromatic carbocycles. The predicted molar refractivity (Wildman–Crippen MR) is 450 cm³/mol. The van der Waals surface area contributed by atoms with Crippen LogP contribution in [0, 0.1) is 13.8 Å². The van der Waals surface area contributed by atoms with Crippen molar-refractivity contribution in [3.05, 3.63) is 120 Å². The quantitative estimate of drug-likeness (QED) is 0.0176. The molecule has 10 aromatic heterocycles. The average molecular weight is 2000 g/mol. The van der Waals surface area contributed by atoms with Crippen molar-refractivity contribution >= 4 is 180 Å². The van der Waals surface area contributed by atoms with Gasteiger partial charge in [-0.25, -0.2) is 59.4 Å². The van der Waals surface area contributed by atoms with Crippen LogP contribution >= 0.6 is 40.4 Å². The molecule has 53 nitrogen and oxygen atoms in total. The number of aromatic nitrogens is 20. The van der Waals surface area contributed by atoms with E-state index in [2.05, 4.69) is 69.8 Å². The molecule has 0 aliphatic carbocycles. The van der Waals surface area contributed by atoms with E-state index < -0.39 is 212 Å². The minimum Gasteiger partial charge on any atom is -0.780 e. The standard InChI is InChI=1S/C62H80N24O29P6S6/c1-5-28-29(6-45(104-28)86-25-76-49-56(86)77-60(66)78-59(49)89)111-117(93,123)99-15-36-31(8-41(106-36)82-13-27(3)58(88)80-62(82)91)112-118(94,124)101-16-37-33(10-43(107-37)84-23-74-47-51(64)68-20-71-54(47)84)114-120(96,126)103-18-39-34(11-44(109-39)85-24-75-48-52(65)69-21-72-55(48)85)115-121(97,127)102-17-38-32(9-42(108-38)83-22-73-46-50(63)67-19-70-53(46)83)113-119(95,125)100-14-35-30(110-116(92,122)98-4)7-40(105-35)81-12-26(2)57(87)79-61(81)90/h12-13,19-25,28-45H,5-11,14-18H2,1-4H3,(H,92,122)(H,93,123)(H,94,124)(H,95,125)(H,96,126)(H,97,127)(H2,63,67,70)(H2,64,68,71)(H2,65,69,72)(H,79,87,90)(H,80,88,91)(H3,66,77,78,89)/p-5/t28-,29-,30-,31-,32-,33-,34-,35-,36-,37-,38-,39-,40-,41-,42-,43-,44-,45-,116?,117?,118?,119?,120?,121?/m1/s1. The minimum atomic E-state index is -4.91. The van der Waals surface area contributed by atoms with Crippen molar-refractivity contribution in [1.82, 2.24) is 97.2 Å². The SMILES string of the molecule is CC[C@H]1O[C@@H](n2cnc3c(=O)[nH]c(N)nc32)C[C@H]1OP([O-])(=S)OC[C@H]1O[C@@H](n2cc(C)c(=O)[nH]c2=O)C[C@H]1OP(=O)([S-])OC[C@H]1O[C@@H](n2cnc3c(N)ncnc32)C[C@H]1OP([O-])(=S)OC[C@H]1O[C@@H](n2cnc3c(N)ncnc32)C[C@H]1OP([O-])(=S)OC[C@H]1O[C@@H](n2cnc3c(N)ncnc32)C[C@H]1OP([O-])(=S)OC[C@H]1O[C@@H](n2cc(C)c(=O)[nH]c2=O)C[C@H]1OP(O)(=S)OC. The summed E-state index contributed by atoms with van der Waals surface area (Å²) in [5.41, 5.74) is 21.9. The zero-order valence-electron chi connectivity index (χ0n) is 66.0. The van der Waals surface area contributed by atoms with Crippen LogP contribution in [0.5, 0.6) is 0 Å². The molecule has 6 fully saturated rings. The van der Waals surface area contributed by atoms with Gasteiger partial charge in [0.05, 0.1) is 101 Å². The molecule has 688 valence electrons. The number of ether oxygens (including phenoxy) is 6. The van der Waals surface area contributed by atoms with Crippen molar-refractivity contribution in [3.8, 4) is 0 Å². The number of hydrogen-bond acceptors (Lipinski definition) is 49. The van der Waals surface area contributed by atoms with E-state index in [1.165, 1.54) is 88.8 Å². The maximum Gasteiger partial charge on any atom is 0.330 e. The first-order valence-electron chi connectivity index (χ1n) is 38.0. The zero-order valence-corrected chi connectivity index (χ0v) is 76.3. The molecule has 127 heavy (non-hydrogen) atoms. The summed E-state index contributed by atoms with van der Waals surface area (Å²) in [6.07, 6.45) is -12.1. The van der Waals surface area contributed by atoms with E-state index in [1.807, 2.05) is 0 Å². The van der Waals surface area contributed by atoms with Crippen molar-refractivity contribution in [2.45, 2.75) is 176 Å². The number of nitrogens with one attached hydrogen (secondary N) is 3. The average Bonchev–Trinajstić information content (AvgIpc) is 1.64. The number of hydrogen-bond donors (Lipinski definition) is 8. The Kier molecular flexibility index (Phi) is 27.7. The molecular formula is C62H75N24O29P6S6-5. The van der Waals surface area contributed by atoms with E-state index in [0.717, 1.165) is 16.2 Å². The highest BCUT2D eigenvalue weighted by atomic mass is 32.7. The zero-order chi connectivity index (χ0) is 90.3. The lowest BCUT2D eigenvalue weighted by molar-refractivity contribution is -0.221. The van der Waals surface area contributed by atoms with E-state index in [4.69, 9.17) is 177 Å². The lowest BCUT2D eigenvalue weighted by Gasteiger charge is -2.36. The maximum atomic E-state index is 15.0. The lowest BCUT2D eigenvalue weighted by Crippen LogP contribution is -2.34. The Bertz CT molecular complexity index is 6470. The predicted octanol–water partition coefficient (Wildman–Crippen LogP) is -0.928. The molecule has 65 heteroatoms. The van der Waals surface area contributed by atoms with Gasteiger partial charge in [0.2, 0.25) is 5.95 Å². The van der Waals surface area contributed by atoms with Gasteiger partial charge in [-0.15, -0.1) is 0 Å². The van der Waals surface area contributed by atoms with Crippen LogP contribution in [0.2, 0.25) is 0 Å². The highest BCUT2D eigenvalue weighted by Gasteiger charge is 2.48. The van der Waals surface area contributed by atoms with E-state index >= 15 is 0 Å². The van der Waals surface area contributed by atoms with Crippen molar-refractivity contribution in [2.24, 2.45) is 0 Å². The number of nitrogen functional groups attached to an aromatic ring is 4. The fraction of sp³-hybridized carbons (Fsp3) is 0.548. The second-order valence-electron chi connectivity index (χ2n) is 29.3. The summed E-state index contributed by atoms with van der Waals surface area (Å²) in [5.74, 6) is -0.181. The van der Waals surface area contributed by atoms with Gasteiger partial charge in [-0.05, 0) is 32.1 Å². The number of H-pyrrole nitrogens is 3. The minimum absolute atomic E-state index is 0.00523. The van der Waals surface area contributed by atoms with Crippen molar-refractivity contribution < 1.29 is 112 Å². The van der Waals surface area contributed by atoms with Gasteiger partial charge in [0.1, 0.15) is 130 Å². The largest absolute Gasteiger partial charge is 0.780 e. The molecule has 0 saturated carbocycles. The van der Waals surface area contributed by atoms with Gasteiger partial charge >= 0.3 is 18.1 Å². The van der Waals surface area contributed by atoms with Crippen LogP contribution in [0.25, 0.3) is 44.7 Å². The summed E-state index contributed by atoms with van der Waals surface area (Å²) in [6, 6.07) is 0. The van der Waals surface area contributed by atoms with Crippen LogP contribution < -0.4 is 70.6 Å². The number of rotatable bonds is 35. The number of anilines is 4. The molecule has 10 aromatic rings. The molecule has 24 atom stereocenters. The van der Waals surface area contributed by atoms with Crippen LogP contribution in [0.1, 0.15) is 100 Å². The number of aromatic amines is 3. The number of fused-ring (bicyclic) bond motifs is 4. The van der Waals surface area contributed by atoms with Crippen LogP contribution in [-0.4, -0.2) is 215 Å². The fourth-order valence-electron chi connectivity index (χ4n) is 15.0. The van der Waals surface area contributed by atoms with Crippen molar-refractivity contribution in [1.29, 1.82) is 0 Å². The highest BCUT2D eigenvalue weighted by Crippen LogP contribution is 2.56. The van der Waals surface area contributed by atoms with Gasteiger partial charge < -0.3 is 142 Å². The normalized spacial score (nSPS) is 29.3. The van der Waals surface area contributed by atoms with Crippen LogP contribution in [-0.2, 0) is 159 Å². The third kappa shape index (κ3) is 21.0. The fourth-order valence-corrected chi connectivity index (χ4v) is 23.3. The van der Waals surface area contributed by atoms with Gasteiger partial charge in [0.25, 0.3) is 16.7 Å². The second kappa shape index (κ2) is 37.5. The summed E-state index contributed by atoms with van der Waals surface area (Å²) >= 11 is 32.8. The smallest absolute Gasteiger partial charge is 0.330 e. The molecule has 0 bridgehead atoms. The number of imidazole rings is 4. The van der Waals surface area contributed by atoms with Gasteiger partial charge in [-0.1, -0.05) is 54.2 Å². The number of aryl methyl sites for hydroxylation is 2. The van der Waals surface area contributed by atoms with Gasteiger partial charge in [0, 0.05) is 69.2 Å². The Morgan fingerprint density at radius 3 is 1.08 bits per heavy atom. The van der Waals surface area contributed by atoms with Crippen molar-refractivity contribution in [2.75, 3.05) is 63.1 Å². The summed E-state index contributed by atoms with van der Waals surface area (Å²) < 4.78 is 131. The Labute approximate surface area is 743 Å². The summed E-state index contributed by atoms with van der Waals surface area (Å²) in [5, 5.41) is 0. The molecule has 6 aliphatic rings. The monoisotopic (exact) mass is 2000 g/mol. The second-order valence-corrected chi connectivity index (χ2v) is 45.7. The summed E-state index contributed by atoms with van der Waals surface area (Å²) in [6.45, 7) is -27.1. The molecule has 6 saturated heterocycles. The highest BCUT2D eigenvalue weighted by molar-refractivity contribution is 8.32. The first-order chi connectivity index (χ1) is 60.2. The van der Waals surface area contributed by atoms with E-state index in [-0.39, 0.29) is 118 Å². The summed E-state index contributed by atoms with van der Waals surface area (Å²) in [7, 11) is 1.11. The molecule has 6 unspecified atom stereocenters. The first kappa shape index (κ1) is 93.7. The van der Waals surface area contributed by atoms with E-state index in [1.54, 1.807) is 6.92 Å². The third-order valence-electron chi connectivity index (χ3n) is 21.1. The number of nitrogens with zero attached hydrogens (tertiary/aromatic N) is 17. The van der Waals surface area contributed by atoms with Gasteiger partial charge in [0.15, 0.2) is 52.4 Å². The number of nitrogens with two attached hydrogens (primary N) is 4. The Morgan fingerprint density at radius 2 is 0.732 bits per heavy atom. The molecule has 12 N–H and O–H groups in total.